The average Bonchev–Trinajstić information content (AvgIpc) is 2.42. The molecule has 0 aromatic carbocycles. The van der Waals surface area contributed by atoms with Crippen molar-refractivity contribution in [3.8, 4) is 0 Å². The minimum absolute atomic E-state index is 0.288. The predicted octanol–water partition coefficient (Wildman–Crippen LogP) is -3.25. The second-order valence-electron chi connectivity index (χ2n) is 2.81. The number of rotatable bonds is 3. The molecule has 0 spiro atoms. The Bertz CT molecular complexity index is 302. The van der Waals surface area contributed by atoms with Crippen LogP contribution in [0.15, 0.2) is 4.99 Å². The van der Waals surface area contributed by atoms with Crippen molar-refractivity contribution in [1.29, 1.82) is 0 Å². The monoisotopic (exact) mass is 200 g/mol. The molecule has 6 N–H and O–H groups in total. The zero-order valence-electron chi connectivity index (χ0n) is 7.39. The molecule has 77 valence electrons. The lowest BCUT2D eigenvalue weighted by Crippen LogP contribution is -2.65. The maximum Gasteiger partial charge on any atom is 0.272 e. The summed E-state index contributed by atoms with van der Waals surface area (Å²) in [5.41, 5.74) is 7.69. The Kier molecular flexibility index (Phi) is 2.62. The van der Waals surface area contributed by atoms with Gasteiger partial charge < -0.3 is 5.11 Å². The molecule has 8 heteroatoms. The van der Waals surface area contributed by atoms with Gasteiger partial charge in [-0.25, -0.2) is 10.8 Å². The summed E-state index contributed by atoms with van der Waals surface area (Å²) in [4.78, 5) is 25.1. The van der Waals surface area contributed by atoms with Crippen LogP contribution in [0.25, 0.3) is 0 Å². The van der Waals surface area contributed by atoms with Gasteiger partial charge in [-0.05, 0) is 6.92 Å². The molecule has 1 aliphatic heterocycles. The number of hydrazine groups is 2. The van der Waals surface area contributed by atoms with Crippen molar-refractivity contribution in [2.75, 3.05) is 0 Å². The highest BCUT2D eigenvalue weighted by Gasteiger charge is 2.46. The Morgan fingerprint density at radius 3 is 2.79 bits per heavy atom. The molecule has 0 amide bonds. The Morgan fingerprint density at radius 1 is 1.86 bits per heavy atom. The third-order valence-corrected chi connectivity index (χ3v) is 1.71. The fourth-order valence-corrected chi connectivity index (χ4v) is 0.976. The maximum atomic E-state index is 11.4. The van der Waals surface area contributed by atoms with Gasteiger partial charge in [0.05, 0.1) is 0 Å². The van der Waals surface area contributed by atoms with Gasteiger partial charge in [-0.3, -0.25) is 20.7 Å². The fraction of sp³-hybridized carbons (Fsp3) is 0.500. The van der Waals surface area contributed by atoms with E-state index in [-0.39, 0.29) is 5.84 Å². The third kappa shape index (κ3) is 1.51. The van der Waals surface area contributed by atoms with E-state index in [1.165, 1.54) is 13.2 Å². The first-order valence-electron chi connectivity index (χ1n) is 3.72. The largest absolute Gasteiger partial charge is 0.385 e. The van der Waals surface area contributed by atoms with Gasteiger partial charge in [-0.1, -0.05) is 0 Å². The van der Waals surface area contributed by atoms with Gasteiger partial charge in [-0.2, -0.15) is 0 Å². The minimum Gasteiger partial charge on any atom is -0.385 e. The van der Waals surface area contributed by atoms with Crippen LogP contribution in [0.2, 0.25) is 0 Å². The molecule has 14 heavy (non-hydrogen) atoms. The topological polar surface area (TPSA) is 134 Å². The van der Waals surface area contributed by atoms with Gasteiger partial charge in [0.1, 0.15) is 6.10 Å². The first-order valence-corrected chi connectivity index (χ1v) is 3.72. The van der Waals surface area contributed by atoms with Crippen LogP contribution in [0, 0.1) is 0 Å². The smallest absolute Gasteiger partial charge is 0.272 e. The van der Waals surface area contributed by atoms with Crippen molar-refractivity contribution < 1.29 is 14.7 Å². The molecule has 1 heterocycles. The Labute approximate surface area is 79.5 Å². The van der Waals surface area contributed by atoms with Crippen molar-refractivity contribution in [2.24, 2.45) is 16.6 Å². The van der Waals surface area contributed by atoms with Gasteiger partial charge in [0.15, 0.2) is 5.84 Å². The van der Waals surface area contributed by atoms with Gasteiger partial charge in [0, 0.05) is 0 Å². The number of aliphatic hydroxyl groups excluding tert-OH is 1. The molecule has 1 radical (unpaired) electrons. The van der Waals surface area contributed by atoms with E-state index in [2.05, 4.69) is 10.4 Å². The number of carbonyl (C=O) groups excluding carboxylic acids is 2. The highest BCUT2D eigenvalue weighted by Crippen LogP contribution is 2.13. The molecule has 0 saturated heterocycles. The normalized spacial score (nSPS) is 29.3. The lowest BCUT2D eigenvalue weighted by Gasteiger charge is -2.26. The second kappa shape index (κ2) is 3.42. The summed E-state index contributed by atoms with van der Waals surface area (Å²) >= 11 is 0. The third-order valence-electron chi connectivity index (χ3n) is 1.71. The van der Waals surface area contributed by atoms with E-state index in [9.17, 15) is 9.59 Å². The van der Waals surface area contributed by atoms with Gasteiger partial charge in [-0.15, -0.1) is 5.12 Å². The quantitative estimate of drug-likeness (QED) is 0.351. The molecule has 1 aliphatic rings. The van der Waals surface area contributed by atoms with E-state index in [1.807, 2.05) is 0 Å². The number of amidine groups is 1. The zero-order valence-corrected chi connectivity index (χ0v) is 7.39. The number of hydrogen-bond acceptors (Lipinski definition) is 8. The van der Waals surface area contributed by atoms with E-state index >= 15 is 0 Å². The fourth-order valence-electron chi connectivity index (χ4n) is 0.976. The second-order valence-corrected chi connectivity index (χ2v) is 2.81. The summed E-state index contributed by atoms with van der Waals surface area (Å²) in [5.74, 6) is 2.22. The number of nitrogens with zero attached hydrogens (tertiary/aromatic N) is 2. The highest BCUT2D eigenvalue weighted by atomic mass is 16.3. The van der Waals surface area contributed by atoms with Crippen LogP contribution in [-0.2, 0) is 9.59 Å². The summed E-state index contributed by atoms with van der Waals surface area (Å²) in [7, 11) is 0. The average molecular weight is 200 g/mol. The summed E-state index contributed by atoms with van der Waals surface area (Å²) in [6, 6.07) is 0. The van der Waals surface area contributed by atoms with Crippen LogP contribution < -0.4 is 17.0 Å². The van der Waals surface area contributed by atoms with Crippen molar-refractivity contribution in [3.63, 3.8) is 0 Å². The highest BCUT2D eigenvalue weighted by molar-refractivity contribution is 6.28. The first-order chi connectivity index (χ1) is 6.41. The number of ketones is 1. The number of aliphatic hydroxyl groups is 1. The molecule has 0 aromatic rings. The summed E-state index contributed by atoms with van der Waals surface area (Å²) in [6.07, 6.45) is 0.0657. The summed E-state index contributed by atoms with van der Waals surface area (Å²) < 4.78 is 0. The molecular weight excluding hydrogens is 190 g/mol. The SMILES string of the molecule is CC(O)C(=O)C1(N)N=C([C]=O)NN1N. The number of nitrogens with two attached hydrogens (primary N) is 2. The van der Waals surface area contributed by atoms with Gasteiger partial charge >= 0.3 is 0 Å². The molecule has 0 aliphatic carbocycles. The minimum atomic E-state index is -1.96. The lowest BCUT2D eigenvalue weighted by molar-refractivity contribution is -0.139. The standard InChI is InChI=1S/C6H10N5O3/c1-3(13)5(14)6(7)9-4(2-12)10-11(6)8/h3,13H,7-8H2,1H3,(H,9,10). The van der Waals surface area contributed by atoms with Gasteiger partial charge in [0.25, 0.3) is 12.1 Å². The van der Waals surface area contributed by atoms with Gasteiger partial charge in [0.2, 0.25) is 5.78 Å². The molecule has 0 aromatic heterocycles. The number of Topliss-reactive ketones (excluding diaryl/α,β-unsaturated/α-hetero) is 1. The maximum absolute atomic E-state index is 11.4. The molecular formula is C6H10N5O3. The first kappa shape index (κ1) is 10.7. The molecule has 0 fully saturated rings. The number of aliphatic imine (C=N–C) groups is 1. The van der Waals surface area contributed by atoms with Crippen LogP contribution in [0.5, 0.6) is 0 Å². The van der Waals surface area contributed by atoms with Crippen molar-refractivity contribution in [3.05, 3.63) is 0 Å². The molecule has 0 saturated carbocycles. The van der Waals surface area contributed by atoms with Crippen LogP contribution in [0.1, 0.15) is 6.92 Å². The molecule has 8 nitrogen and oxygen atoms in total. The van der Waals surface area contributed by atoms with Crippen molar-refractivity contribution in [1.82, 2.24) is 10.5 Å². The van der Waals surface area contributed by atoms with E-state index in [0.29, 0.717) is 5.12 Å². The lowest BCUT2D eigenvalue weighted by atomic mass is 10.1. The van der Waals surface area contributed by atoms with Crippen LogP contribution in [0.4, 0.5) is 0 Å². The number of nitrogens with one attached hydrogen (secondary N) is 1. The predicted molar refractivity (Wildman–Crippen MR) is 45.9 cm³/mol. The van der Waals surface area contributed by atoms with Crippen LogP contribution in [-0.4, -0.2) is 40.0 Å². The molecule has 2 unspecified atom stereocenters. The Morgan fingerprint density at radius 2 is 2.43 bits per heavy atom. The van der Waals surface area contributed by atoms with E-state index < -0.39 is 17.7 Å². The van der Waals surface area contributed by atoms with E-state index in [4.69, 9.17) is 16.7 Å². The number of carbonyl (C=O) groups is 1. The molecule has 1 rings (SSSR count). The molecule has 0 bridgehead atoms. The van der Waals surface area contributed by atoms with Crippen LogP contribution in [0.3, 0.4) is 0 Å². The van der Waals surface area contributed by atoms with E-state index in [0.717, 1.165) is 0 Å². The Balaban J connectivity index is 2.99. The summed E-state index contributed by atoms with van der Waals surface area (Å²) in [6.45, 7) is 1.23. The zero-order chi connectivity index (χ0) is 10.9. The van der Waals surface area contributed by atoms with E-state index in [1.54, 1.807) is 0 Å². The number of hydrogen-bond donors (Lipinski definition) is 4. The molecule has 2 atom stereocenters. The van der Waals surface area contributed by atoms with Crippen LogP contribution >= 0.6 is 0 Å². The summed E-state index contributed by atoms with van der Waals surface area (Å²) in [5, 5.41) is 9.66. The Hall–Kier alpha value is -1.35. The van der Waals surface area contributed by atoms with Crippen molar-refractivity contribution >= 4 is 17.9 Å². The van der Waals surface area contributed by atoms with Crippen molar-refractivity contribution in [2.45, 2.75) is 18.8 Å².